The molecule has 0 atom stereocenters. The number of hydrogen-bond acceptors (Lipinski definition) is 6. The maximum absolute atomic E-state index is 12.3. The van der Waals surface area contributed by atoms with Gasteiger partial charge in [-0.2, -0.15) is 9.57 Å². The smallest absolute Gasteiger partial charge is 0.239 e. The van der Waals surface area contributed by atoms with E-state index in [2.05, 4.69) is 5.32 Å². The molecule has 0 saturated carbocycles. The molecule has 1 heterocycles. The summed E-state index contributed by atoms with van der Waals surface area (Å²) >= 11 is 0. The van der Waals surface area contributed by atoms with E-state index in [0.29, 0.717) is 28.3 Å². The van der Waals surface area contributed by atoms with Gasteiger partial charge in [-0.1, -0.05) is 18.2 Å². The zero-order valence-corrected chi connectivity index (χ0v) is 15.3. The number of rotatable bonds is 6. The van der Waals surface area contributed by atoms with Gasteiger partial charge in [0.1, 0.15) is 6.07 Å². The van der Waals surface area contributed by atoms with E-state index in [9.17, 15) is 13.2 Å². The molecule has 0 aliphatic carbocycles. The van der Waals surface area contributed by atoms with Crippen LogP contribution in [0.4, 0.5) is 5.69 Å². The fourth-order valence-electron chi connectivity index (χ4n) is 2.57. The van der Waals surface area contributed by atoms with Crippen LogP contribution >= 0.6 is 0 Å². The second-order valence-corrected chi connectivity index (χ2v) is 7.91. The Hall–Kier alpha value is -3.09. The van der Waals surface area contributed by atoms with Crippen LogP contribution in [0.1, 0.15) is 11.1 Å². The lowest BCUT2D eigenvalue weighted by Crippen LogP contribution is -2.37. The molecule has 0 radical (unpaired) electrons. The monoisotopic (exact) mass is 387 g/mol. The summed E-state index contributed by atoms with van der Waals surface area (Å²) in [5.74, 6) is 0.590. The summed E-state index contributed by atoms with van der Waals surface area (Å²) in [7, 11) is -3.64. The summed E-state index contributed by atoms with van der Waals surface area (Å²) in [5, 5.41) is 11.7. The van der Waals surface area contributed by atoms with Crippen molar-refractivity contribution in [3.63, 3.8) is 0 Å². The summed E-state index contributed by atoms with van der Waals surface area (Å²) in [6, 6.07) is 13.6. The van der Waals surface area contributed by atoms with Gasteiger partial charge in [0.05, 0.1) is 24.1 Å². The molecule has 3 rings (SSSR count). The number of nitrogens with one attached hydrogen (secondary N) is 1. The van der Waals surface area contributed by atoms with E-state index in [1.54, 1.807) is 42.5 Å². The highest BCUT2D eigenvalue weighted by Gasteiger charge is 2.22. The Balaban J connectivity index is 1.74. The van der Waals surface area contributed by atoms with Crippen molar-refractivity contribution in [3.05, 3.63) is 53.6 Å². The molecule has 2 aromatic rings. The normalized spacial score (nSPS) is 12.6. The summed E-state index contributed by atoms with van der Waals surface area (Å²) in [4.78, 5) is 12.3. The van der Waals surface area contributed by atoms with Crippen molar-refractivity contribution in [2.24, 2.45) is 0 Å². The van der Waals surface area contributed by atoms with E-state index in [0.717, 1.165) is 10.6 Å². The van der Waals surface area contributed by atoms with Gasteiger partial charge >= 0.3 is 0 Å². The van der Waals surface area contributed by atoms with E-state index in [-0.39, 0.29) is 19.9 Å². The Morgan fingerprint density at radius 1 is 1.22 bits per heavy atom. The summed E-state index contributed by atoms with van der Waals surface area (Å²) in [5.41, 5.74) is 1.30. The Morgan fingerprint density at radius 2 is 1.96 bits per heavy atom. The standard InChI is InChI=1S/C18H17N3O5S/c1-27(23,24)21(10-13-6-7-16-17(8-13)26-12-25-16)11-18(22)20-15-5-3-2-4-14(15)9-19/h2-8H,10-12H2,1H3,(H,20,22). The molecule has 1 N–H and O–H groups in total. The predicted molar refractivity (Wildman–Crippen MR) is 97.6 cm³/mol. The van der Waals surface area contributed by atoms with Crippen molar-refractivity contribution >= 4 is 21.6 Å². The number of ether oxygens (including phenoxy) is 2. The van der Waals surface area contributed by atoms with E-state index in [1.807, 2.05) is 6.07 Å². The molecule has 0 fully saturated rings. The first-order valence-corrected chi connectivity index (χ1v) is 9.84. The van der Waals surface area contributed by atoms with Crippen molar-refractivity contribution in [3.8, 4) is 17.6 Å². The summed E-state index contributed by atoms with van der Waals surface area (Å²) < 4.78 is 35.8. The van der Waals surface area contributed by atoms with Crippen molar-refractivity contribution in [2.45, 2.75) is 6.54 Å². The Morgan fingerprint density at radius 3 is 2.70 bits per heavy atom. The largest absolute Gasteiger partial charge is 0.454 e. The molecule has 1 amide bonds. The molecule has 1 aliphatic heterocycles. The molecule has 0 aromatic heterocycles. The average molecular weight is 387 g/mol. The molecule has 1 aliphatic rings. The minimum atomic E-state index is -3.64. The van der Waals surface area contributed by atoms with Gasteiger partial charge in [-0.15, -0.1) is 0 Å². The van der Waals surface area contributed by atoms with Crippen molar-refractivity contribution in [1.29, 1.82) is 5.26 Å². The molecule has 2 aromatic carbocycles. The first kappa shape index (κ1) is 18.7. The number of carbonyl (C=O) groups excluding carboxylic acids is 1. The molecule has 9 heteroatoms. The molecule has 140 valence electrons. The van der Waals surface area contributed by atoms with Gasteiger partial charge in [0.15, 0.2) is 11.5 Å². The predicted octanol–water partition coefficient (Wildman–Crippen LogP) is 1.69. The van der Waals surface area contributed by atoms with Gasteiger partial charge in [0.2, 0.25) is 22.7 Å². The number of para-hydroxylation sites is 1. The van der Waals surface area contributed by atoms with Gasteiger partial charge in [0, 0.05) is 6.54 Å². The van der Waals surface area contributed by atoms with Crippen LogP contribution in [0.3, 0.4) is 0 Å². The number of carbonyl (C=O) groups is 1. The van der Waals surface area contributed by atoms with E-state index in [4.69, 9.17) is 14.7 Å². The third kappa shape index (κ3) is 4.55. The third-order valence-electron chi connectivity index (χ3n) is 3.91. The highest BCUT2D eigenvalue weighted by atomic mass is 32.2. The van der Waals surface area contributed by atoms with Gasteiger partial charge < -0.3 is 14.8 Å². The molecule has 0 unspecified atom stereocenters. The molecule has 0 saturated heterocycles. The maximum atomic E-state index is 12.3. The van der Waals surface area contributed by atoms with Crippen LogP contribution in [0.2, 0.25) is 0 Å². The van der Waals surface area contributed by atoms with Crippen LogP contribution in [0, 0.1) is 11.3 Å². The molecular formula is C18H17N3O5S. The molecule has 27 heavy (non-hydrogen) atoms. The number of sulfonamides is 1. The zero-order chi connectivity index (χ0) is 19.4. The Kier molecular flexibility index (Phi) is 5.30. The highest BCUT2D eigenvalue weighted by Crippen LogP contribution is 2.33. The average Bonchev–Trinajstić information content (AvgIpc) is 3.08. The number of benzene rings is 2. The van der Waals surface area contributed by atoms with Crippen LogP contribution in [-0.2, 0) is 21.4 Å². The first-order valence-electron chi connectivity index (χ1n) is 7.99. The molecular weight excluding hydrogens is 370 g/mol. The number of amides is 1. The lowest BCUT2D eigenvalue weighted by atomic mass is 10.2. The number of fused-ring (bicyclic) bond motifs is 1. The van der Waals surface area contributed by atoms with E-state index in [1.165, 1.54) is 0 Å². The number of nitrogens with zero attached hydrogens (tertiary/aromatic N) is 2. The fraction of sp³-hybridized carbons (Fsp3) is 0.222. The SMILES string of the molecule is CS(=O)(=O)N(CC(=O)Nc1ccccc1C#N)Cc1ccc2c(c1)OCO2. The zero-order valence-electron chi connectivity index (χ0n) is 14.5. The Labute approximate surface area is 157 Å². The molecule has 0 bridgehead atoms. The van der Waals surface area contributed by atoms with Crippen molar-refractivity contribution < 1.29 is 22.7 Å². The first-order chi connectivity index (χ1) is 12.9. The minimum Gasteiger partial charge on any atom is -0.454 e. The topological polar surface area (TPSA) is 109 Å². The van der Waals surface area contributed by atoms with Gasteiger partial charge in [-0.3, -0.25) is 4.79 Å². The van der Waals surface area contributed by atoms with Crippen LogP contribution in [-0.4, -0.2) is 38.2 Å². The van der Waals surface area contributed by atoms with Crippen LogP contribution in [0.15, 0.2) is 42.5 Å². The van der Waals surface area contributed by atoms with Gasteiger partial charge in [-0.05, 0) is 29.8 Å². The third-order valence-corrected chi connectivity index (χ3v) is 5.10. The summed E-state index contributed by atoms with van der Waals surface area (Å²) in [6.07, 6.45) is 1.04. The number of nitriles is 1. The highest BCUT2D eigenvalue weighted by molar-refractivity contribution is 7.88. The lowest BCUT2D eigenvalue weighted by Gasteiger charge is -2.20. The quantitative estimate of drug-likeness (QED) is 0.808. The number of anilines is 1. The minimum absolute atomic E-state index is 0.00277. The maximum Gasteiger partial charge on any atom is 0.239 e. The van der Waals surface area contributed by atoms with E-state index >= 15 is 0 Å². The van der Waals surface area contributed by atoms with Crippen LogP contribution < -0.4 is 14.8 Å². The second kappa shape index (κ2) is 7.65. The lowest BCUT2D eigenvalue weighted by molar-refractivity contribution is -0.116. The van der Waals surface area contributed by atoms with Crippen molar-refractivity contribution in [2.75, 3.05) is 24.9 Å². The molecule has 0 spiro atoms. The molecule has 8 nitrogen and oxygen atoms in total. The fourth-order valence-corrected chi connectivity index (χ4v) is 3.31. The van der Waals surface area contributed by atoms with Crippen molar-refractivity contribution in [1.82, 2.24) is 4.31 Å². The summed E-state index contributed by atoms with van der Waals surface area (Å²) in [6.45, 7) is -0.259. The number of hydrogen-bond donors (Lipinski definition) is 1. The second-order valence-electron chi connectivity index (χ2n) is 5.92. The Bertz CT molecular complexity index is 1010. The van der Waals surface area contributed by atoms with Gasteiger partial charge in [0.25, 0.3) is 0 Å². The van der Waals surface area contributed by atoms with E-state index < -0.39 is 15.9 Å². The van der Waals surface area contributed by atoms with Crippen LogP contribution in [0.5, 0.6) is 11.5 Å². The van der Waals surface area contributed by atoms with Gasteiger partial charge in [-0.25, -0.2) is 8.42 Å². The van der Waals surface area contributed by atoms with Crippen LogP contribution in [0.25, 0.3) is 0 Å².